The lowest BCUT2D eigenvalue weighted by atomic mass is 10.1. The molecule has 0 aliphatic carbocycles. The Morgan fingerprint density at radius 3 is 2.94 bits per heavy atom. The van der Waals surface area contributed by atoms with Crippen LogP contribution in [0.3, 0.4) is 0 Å². The quantitative estimate of drug-likeness (QED) is 0.523. The summed E-state index contributed by atoms with van der Waals surface area (Å²) in [6, 6.07) is 0. The summed E-state index contributed by atoms with van der Waals surface area (Å²) in [4.78, 5) is 13.6. The molecular weight excluding hydrogens is 206 g/mol. The highest BCUT2D eigenvalue weighted by Gasteiger charge is 2.21. The molecule has 1 heterocycles. The summed E-state index contributed by atoms with van der Waals surface area (Å²) in [7, 11) is 1.73. The highest BCUT2D eigenvalue weighted by molar-refractivity contribution is 5.88. The summed E-state index contributed by atoms with van der Waals surface area (Å²) in [5.41, 5.74) is 0.526. The number of hydrogen-bond donors (Lipinski definition) is 0. The van der Waals surface area contributed by atoms with Crippen molar-refractivity contribution in [3.63, 3.8) is 0 Å². The lowest BCUT2D eigenvalue weighted by Gasteiger charge is -2.31. The lowest BCUT2D eigenvalue weighted by molar-refractivity contribution is -0.138. The predicted molar refractivity (Wildman–Crippen MR) is 62.2 cm³/mol. The van der Waals surface area contributed by atoms with Gasteiger partial charge in [-0.25, -0.2) is 4.79 Å². The van der Waals surface area contributed by atoms with E-state index >= 15 is 0 Å². The Bertz CT molecular complexity index is 253. The van der Waals surface area contributed by atoms with Gasteiger partial charge in [0.05, 0.1) is 12.7 Å². The second kappa shape index (κ2) is 6.66. The van der Waals surface area contributed by atoms with E-state index in [9.17, 15) is 4.79 Å². The van der Waals surface area contributed by atoms with Crippen LogP contribution in [0.4, 0.5) is 0 Å². The van der Waals surface area contributed by atoms with Gasteiger partial charge in [0.2, 0.25) is 0 Å². The molecule has 0 radical (unpaired) electrons. The van der Waals surface area contributed by atoms with Gasteiger partial charge in [0.15, 0.2) is 0 Å². The Kier molecular flexibility index (Phi) is 5.49. The summed E-state index contributed by atoms with van der Waals surface area (Å²) in [6.45, 7) is 8.41. The van der Waals surface area contributed by atoms with Crippen molar-refractivity contribution in [3.05, 3.63) is 12.2 Å². The highest BCUT2D eigenvalue weighted by Crippen LogP contribution is 2.13. The van der Waals surface area contributed by atoms with E-state index in [1.807, 2.05) is 0 Å². The molecule has 1 saturated heterocycles. The minimum Gasteiger partial charge on any atom is -0.463 e. The predicted octanol–water partition coefficient (Wildman–Crippen LogP) is 1.22. The third kappa shape index (κ3) is 3.94. The van der Waals surface area contributed by atoms with Gasteiger partial charge >= 0.3 is 5.97 Å². The van der Waals surface area contributed by atoms with E-state index in [1.165, 1.54) is 0 Å². The van der Waals surface area contributed by atoms with E-state index in [0.29, 0.717) is 18.7 Å². The van der Waals surface area contributed by atoms with Crippen molar-refractivity contribution in [2.75, 3.05) is 33.4 Å². The number of esters is 1. The largest absolute Gasteiger partial charge is 0.463 e. The maximum atomic E-state index is 11.4. The topological polar surface area (TPSA) is 38.8 Å². The van der Waals surface area contributed by atoms with Crippen LogP contribution in [0, 0.1) is 0 Å². The van der Waals surface area contributed by atoms with Crippen molar-refractivity contribution in [2.24, 2.45) is 0 Å². The fraction of sp³-hybridized carbons (Fsp3) is 0.750. The summed E-state index contributed by atoms with van der Waals surface area (Å²) in [5, 5.41) is 0. The molecule has 4 nitrogen and oxygen atoms in total. The van der Waals surface area contributed by atoms with Crippen LogP contribution in [0.15, 0.2) is 12.2 Å². The SMILES string of the molecule is C=C(CN1CCCC(OC)C1)C(=O)OCC. The number of piperidine rings is 1. The first-order valence-electron chi connectivity index (χ1n) is 5.77. The number of ether oxygens (including phenoxy) is 2. The van der Waals surface area contributed by atoms with Crippen LogP contribution in [0.1, 0.15) is 19.8 Å². The molecule has 0 spiro atoms. The Hall–Kier alpha value is -0.870. The van der Waals surface area contributed by atoms with Gasteiger partial charge < -0.3 is 9.47 Å². The Morgan fingerprint density at radius 2 is 2.31 bits per heavy atom. The monoisotopic (exact) mass is 227 g/mol. The van der Waals surface area contributed by atoms with Crippen LogP contribution in [-0.2, 0) is 14.3 Å². The lowest BCUT2D eigenvalue weighted by Crippen LogP contribution is -2.40. The molecule has 0 aromatic rings. The highest BCUT2D eigenvalue weighted by atomic mass is 16.5. The fourth-order valence-electron chi connectivity index (χ4n) is 1.92. The van der Waals surface area contributed by atoms with Gasteiger partial charge in [0, 0.05) is 25.8 Å². The number of methoxy groups -OCH3 is 1. The Labute approximate surface area is 97.2 Å². The van der Waals surface area contributed by atoms with Gasteiger partial charge in [-0.1, -0.05) is 6.58 Å². The molecule has 16 heavy (non-hydrogen) atoms. The van der Waals surface area contributed by atoms with Crippen molar-refractivity contribution >= 4 is 5.97 Å². The van der Waals surface area contributed by atoms with Crippen LogP contribution < -0.4 is 0 Å². The first kappa shape index (κ1) is 13.2. The molecule has 0 aromatic heterocycles. The Morgan fingerprint density at radius 1 is 1.56 bits per heavy atom. The first-order valence-corrected chi connectivity index (χ1v) is 5.77. The second-order valence-corrected chi connectivity index (χ2v) is 4.06. The number of likely N-dealkylation sites (tertiary alicyclic amines) is 1. The molecule has 1 fully saturated rings. The van der Waals surface area contributed by atoms with Crippen molar-refractivity contribution in [1.29, 1.82) is 0 Å². The molecule has 4 heteroatoms. The minimum atomic E-state index is -0.290. The van der Waals surface area contributed by atoms with E-state index in [-0.39, 0.29) is 12.1 Å². The molecule has 1 aliphatic heterocycles. The third-order valence-corrected chi connectivity index (χ3v) is 2.77. The molecule has 0 N–H and O–H groups in total. The maximum Gasteiger partial charge on any atom is 0.334 e. The van der Waals surface area contributed by atoms with Crippen LogP contribution in [0.5, 0.6) is 0 Å². The Balaban J connectivity index is 2.35. The molecule has 0 amide bonds. The number of rotatable bonds is 5. The summed E-state index contributed by atoms with van der Waals surface area (Å²) in [6.07, 6.45) is 2.48. The zero-order valence-electron chi connectivity index (χ0n) is 10.2. The molecule has 0 bridgehead atoms. The van der Waals surface area contributed by atoms with Gasteiger partial charge in [-0.2, -0.15) is 0 Å². The van der Waals surface area contributed by atoms with Gasteiger partial charge in [0.25, 0.3) is 0 Å². The molecule has 1 unspecified atom stereocenters. The molecule has 92 valence electrons. The van der Waals surface area contributed by atoms with Crippen molar-refractivity contribution in [1.82, 2.24) is 4.90 Å². The van der Waals surface area contributed by atoms with E-state index < -0.39 is 0 Å². The molecule has 1 rings (SSSR count). The van der Waals surface area contributed by atoms with Gasteiger partial charge in [0.1, 0.15) is 0 Å². The normalized spacial score (nSPS) is 21.8. The van der Waals surface area contributed by atoms with Crippen LogP contribution in [0.2, 0.25) is 0 Å². The fourth-order valence-corrected chi connectivity index (χ4v) is 1.92. The van der Waals surface area contributed by atoms with Crippen molar-refractivity contribution in [2.45, 2.75) is 25.9 Å². The number of nitrogens with zero attached hydrogens (tertiary/aromatic N) is 1. The third-order valence-electron chi connectivity index (χ3n) is 2.77. The molecular formula is C12H21NO3. The van der Waals surface area contributed by atoms with E-state index in [4.69, 9.17) is 9.47 Å². The first-order chi connectivity index (χ1) is 7.67. The van der Waals surface area contributed by atoms with Gasteiger partial charge in [-0.3, -0.25) is 4.90 Å². The average Bonchev–Trinajstić information content (AvgIpc) is 2.29. The molecule has 0 saturated carbocycles. The summed E-state index contributed by atoms with van der Waals surface area (Å²) < 4.78 is 10.2. The van der Waals surface area contributed by atoms with E-state index in [0.717, 1.165) is 25.9 Å². The van der Waals surface area contributed by atoms with Gasteiger partial charge in [-0.05, 0) is 26.3 Å². The average molecular weight is 227 g/mol. The maximum absolute atomic E-state index is 11.4. The second-order valence-electron chi connectivity index (χ2n) is 4.06. The number of hydrogen-bond acceptors (Lipinski definition) is 4. The van der Waals surface area contributed by atoms with Crippen LogP contribution in [-0.4, -0.2) is 50.3 Å². The minimum absolute atomic E-state index is 0.281. The van der Waals surface area contributed by atoms with Gasteiger partial charge in [-0.15, -0.1) is 0 Å². The van der Waals surface area contributed by atoms with Crippen LogP contribution in [0.25, 0.3) is 0 Å². The molecule has 1 aliphatic rings. The zero-order chi connectivity index (χ0) is 12.0. The summed E-state index contributed by atoms with van der Waals surface area (Å²) in [5.74, 6) is -0.290. The number of carbonyl (C=O) groups excluding carboxylic acids is 1. The van der Waals surface area contributed by atoms with E-state index in [2.05, 4.69) is 11.5 Å². The summed E-state index contributed by atoms with van der Waals surface area (Å²) >= 11 is 0. The molecule has 0 aromatic carbocycles. The van der Waals surface area contributed by atoms with Crippen molar-refractivity contribution in [3.8, 4) is 0 Å². The number of carbonyl (C=O) groups is 1. The standard InChI is InChI=1S/C12H21NO3/c1-4-16-12(14)10(2)8-13-7-5-6-11(9-13)15-3/h11H,2,4-9H2,1,3H3. The zero-order valence-corrected chi connectivity index (χ0v) is 10.2. The van der Waals surface area contributed by atoms with Crippen molar-refractivity contribution < 1.29 is 14.3 Å². The van der Waals surface area contributed by atoms with Crippen LogP contribution >= 0.6 is 0 Å². The smallest absolute Gasteiger partial charge is 0.334 e. The molecule has 1 atom stereocenters. The van der Waals surface area contributed by atoms with E-state index in [1.54, 1.807) is 14.0 Å².